The predicted octanol–water partition coefficient (Wildman–Crippen LogP) is 1.70. The zero-order chi connectivity index (χ0) is 23.6. The summed E-state index contributed by atoms with van der Waals surface area (Å²) in [7, 11) is 0. The maximum Gasteiger partial charge on any atom is 0.249 e. The van der Waals surface area contributed by atoms with Gasteiger partial charge in [0.25, 0.3) is 0 Å². The van der Waals surface area contributed by atoms with Gasteiger partial charge in [0.2, 0.25) is 11.8 Å². The van der Waals surface area contributed by atoms with Gasteiger partial charge >= 0.3 is 0 Å². The fraction of sp³-hybridized carbons (Fsp3) is 0.167. The molecule has 0 saturated heterocycles. The van der Waals surface area contributed by atoms with Crippen molar-refractivity contribution in [3.8, 4) is 5.75 Å². The van der Waals surface area contributed by atoms with Crippen molar-refractivity contribution >= 4 is 23.3 Å². The van der Waals surface area contributed by atoms with Crippen LogP contribution in [0.2, 0.25) is 0 Å². The second-order valence-corrected chi connectivity index (χ2v) is 7.31. The van der Waals surface area contributed by atoms with Crippen molar-refractivity contribution in [2.45, 2.75) is 12.5 Å². The van der Waals surface area contributed by atoms with Gasteiger partial charge in [-0.2, -0.15) is 0 Å². The van der Waals surface area contributed by atoms with Gasteiger partial charge in [-0.1, -0.05) is 30.3 Å². The molecule has 1 aromatic heterocycles. The summed E-state index contributed by atoms with van der Waals surface area (Å²) in [4.78, 5) is 29.4. The van der Waals surface area contributed by atoms with Crippen molar-refractivity contribution in [3.63, 3.8) is 0 Å². The van der Waals surface area contributed by atoms with Crippen LogP contribution < -0.4 is 21.7 Å². The van der Waals surface area contributed by atoms with Crippen LogP contribution in [0.15, 0.2) is 72.9 Å². The molecule has 0 saturated carbocycles. The lowest BCUT2D eigenvalue weighted by molar-refractivity contribution is -0.126. The molecule has 0 aliphatic rings. The maximum absolute atomic E-state index is 12.9. The number of amides is 2. The van der Waals surface area contributed by atoms with Gasteiger partial charge in [-0.3, -0.25) is 20.0 Å². The molecular weight excluding hydrogens is 420 g/mol. The number of carbonyl (C=O) groups excluding carboxylic acids is 2. The number of aromatic hydroxyl groups is 1. The maximum atomic E-state index is 12.9. The molecule has 7 N–H and O–H groups in total. The number of carbonyl (C=O) groups is 2. The second kappa shape index (κ2) is 11.3. The van der Waals surface area contributed by atoms with E-state index >= 15 is 0 Å². The number of rotatable bonds is 10. The Balaban J connectivity index is 1.58. The van der Waals surface area contributed by atoms with Crippen LogP contribution in [-0.2, 0) is 16.0 Å². The molecule has 9 heteroatoms. The minimum Gasteiger partial charge on any atom is -0.508 e. The highest BCUT2D eigenvalue weighted by atomic mass is 16.3. The van der Waals surface area contributed by atoms with Gasteiger partial charge < -0.3 is 26.8 Å². The number of benzene rings is 2. The summed E-state index contributed by atoms with van der Waals surface area (Å²) in [5, 5.41) is 25.4. The van der Waals surface area contributed by atoms with Gasteiger partial charge in [0, 0.05) is 24.0 Å². The first-order valence-corrected chi connectivity index (χ1v) is 10.4. The molecule has 0 bridgehead atoms. The van der Waals surface area contributed by atoms with E-state index in [9.17, 15) is 14.7 Å². The van der Waals surface area contributed by atoms with E-state index in [4.69, 9.17) is 11.1 Å². The van der Waals surface area contributed by atoms with Gasteiger partial charge in [0.15, 0.2) is 0 Å². The molecule has 1 atom stereocenters. The Labute approximate surface area is 191 Å². The highest BCUT2D eigenvalue weighted by molar-refractivity contribution is 5.96. The van der Waals surface area contributed by atoms with Crippen LogP contribution in [0, 0.1) is 5.41 Å². The number of hydrogen-bond donors (Lipinski definition) is 6. The predicted molar refractivity (Wildman–Crippen MR) is 126 cm³/mol. The van der Waals surface area contributed by atoms with Crippen molar-refractivity contribution in [1.82, 2.24) is 15.6 Å². The molecule has 3 aromatic rings. The smallest absolute Gasteiger partial charge is 0.249 e. The third-order valence-electron chi connectivity index (χ3n) is 4.83. The molecule has 0 aliphatic heterocycles. The summed E-state index contributed by atoms with van der Waals surface area (Å²) >= 11 is 0. The summed E-state index contributed by atoms with van der Waals surface area (Å²) in [6, 6.07) is 18.0. The molecule has 0 fully saturated rings. The van der Waals surface area contributed by atoms with Crippen molar-refractivity contribution in [2.75, 3.05) is 18.4 Å². The third kappa shape index (κ3) is 7.06. The number of phenolic OH excluding ortho intramolecular Hbond substituents is 1. The first kappa shape index (κ1) is 23.3. The lowest BCUT2D eigenvalue weighted by atomic mass is 10.1. The zero-order valence-electron chi connectivity index (χ0n) is 17.9. The van der Waals surface area contributed by atoms with Gasteiger partial charge in [-0.15, -0.1) is 0 Å². The first-order valence-electron chi connectivity index (χ1n) is 10.4. The highest BCUT2D eigenvalue weighted by Gasteiger charge is 2.22. The zero-order valence-corrected chi connectivity index (χ0v) is 17.9. The standard InChI is InChI=1S/C24H26N6O3/c25-23(26)17-4-3-5-18(14-17)30-22(20-6-1-2-12-27-20)24(33)29-15-21(32)28-13-11-16-7-9-19(31)10-8-16/h1-10,12,14,22,30-31H,11,13,15H2,(H3,25,26)(H,28,32)(H,29,33). The van der Waals surface area contributed by atoms with Crippen LogP contribution >= 0.6 is 0 Å². The Hall–Kier alpha value is -4.40. The van der Waals surface area contributed by atoms with E-state index in [2.05, 4.69) is 20.9 Å². The van der Waals surface area contributed by atoms with Crippen LogP contribution in [-0.4, -0.2) is 40.8 Å². The largest absolute Gasteiger partial charge is 0.508 e. The quantitative estimate of drug-likeness (QED) is 0.206. The summed E-state index contributed by atoms with van der Waals surface area (Å²) < 4.78 is 0. The Morgan fingerprint density at radius 1 is 1.03 bits per heavy atom. The van der Waals surface area contributed by atoms with E-state index in [1.54, 1.807) is 72.9 Å². The van der Waals surface area contributed by atoms with E-state index in [1.807, 2.05) is 0 Å². The molecule has 1 unspecified atom stereocenters. The SMILES string of the molecule is N=C(N)c1cccc(NC(C(=O)NCC(=O)NCCc2ccc(O)cc2)c2ccccn2)c1. The van der Waals surface area contributed by atoms with Gasteiger partial charge in [-0.25, -0.2) is 0 Å². The molecule has 2 aromatic carbocycles. The average molecular weight is 447 g/mol. The number of phenols is 1. The number of anilines is 1. The van der Waals surface area contributed by atoms with E-state index in [0.717, 1.165) is 5.56 Å². The molecule has 2 amide bonds. The number of hydrogen-bond acceptors (Lipinski definition) is 6. The molecule has 0 aliphatic carbocycles. The third-order valence-corrected chi connectivity index (χ3v) is 4.83. The molecular formula is C24H26N6O3. The number of nitrogens with zero attached hydrogens (tertiary/aromatic N) is 1. The van der Waals surface area contributed by atoms with Crippen LogP contribution in [0.25, 0.3) is 0 Å². The lowest BCUT2D eigenvalue weighted by Gasteiger charge is -2.19. The summed E-state index contributed by atoms with van der Waals surface area (Å²) in [5.41, 5.74) is 8.13. The first-order chi connectivity index (χ1) is 15.9. The van der Waals surface area contributed by atoms with Crippen molar-refractivity contribution in [3.05, 3.63) is 89.7 Å². The van der Waals surface area contributed by atoms with E-state index < -0.39 is 11.9 Å². The summed E-state index contributed by atoms with van der Waals surface area (Å²) in [6.45, 7) is 0.214. The normalized spacial score (nSPS) is 11.3. The Bertz CT molecular complexity index is 1100. The minimum atomic E-state index is -0.849. The Kier molecular flexibility index (Phi) is 7.96. The number of amidine groups is 1. The molecule has 170 valence electrons. The monoisotopic (exact) mass is 446 g/mol. The molecule has 9 nitrogen and oxygen atoms in total. The van der Waals surface area contributed by atoms with Crippen LogP contribution in [0.5, 0.6) is 5.75 Å². The fourth-order valence-electron chi connectivity index (χ4n) is 3.10. The number of nitrogens with one attached hydrogen (secondary N) is 4. The van der Waals surface area contributed by atoms with Crippen LogP contribution in [0.3, 0.4) is 0 Å². The minimum absolute atomic E-state index is 0.0820. The Morgan fingerprint density at radius 3 is 2.52 bits per heavy atom. The number of aromatic nitrogens is 1. The summed E-state index contributed by atoms with van der Waals surface area (Å²) in [6.07, 6.45) is 2.18. The van der Waals surface area contributed by atoms with Gasteiger partial charge in [-0.05, 0) is 48.4 Å². The van der Waals surface area contributed by atoms with Crippen molar-refractivity contribution in [2.24, 2.45) is 5.73 Å². The lowest BCUT2D eigenvalue weighted by Crippen LogP contribution is -2.41. The van der Waals surface area contributed by atoms with Gasteiger partial charge in [0.1, 0.15) is 17.6 Å². The number of nitrogen functional groups attached to an aromatic ring is 1. The van der Waals surface area contributed by atoms with E-state index in [-0.39, 0.29) is 24.0 Å². The Morgan fingerprint density at radius 2 is 1.82 bits per heavy atom. The fourth-order valence-corrected chi connectivity index (χ4v) is 3.10. The second-order valence-electron chi connectivity index (χ2n) is 7.31. The molecule has 3 rings (SSSR count). The number of nitrogens with two attached hydrogens (primary N) is 1. The van der Waals surface area contributed by atoms with Crippen LogP contribution in [0.4, 0.5) is 5.69 Å². The molecule has 0 spiro atoms. The molecule has 33 heavy (non-hydrogen) atoms. The van der Waals surface area contributed by atoms with E-state index in [1.165, 1.54) is 0 Å². The van der Waals surface area contributed by atoms with E-state index in [0.29, 0.717) is 29.9 Å². The van der Waals surface area contributed by atoms with Crippen molar-refractivity contribution < 1.29 is 14.7 Å². The highest BCUT2D eigenvalue weighted by Crippen LogP contribution is 2.19. The summed E-state index contributed by atoms with van der Waals surface area (Å²) in [5.74, 6) is -0.632. The number of pyridine rings is 1. The molecule has 1 heterocycles. The van der Waals surface area contributed by atoms with Crippen molar-refractivity contribution in [1.29, 1.82) is 5.41 Å². The average Bonchev–Trinajstić information content (AvgIpc) is 2.83. The van der Waals surface area contributed by atoms with Crippen LogP contribution in [0.1, 0.15) is 22.9 Å². The topological polar surface area (TPSA) is 153 Å². The van der Waals surface area contributed by atoms with Gasteiger partial charge in [0.05, 0.1) is 12.2 Å². The molecule has 0 radical (unpaired) electrons.